The van der Waals surface area contributed by atoms with Crippen molar-refractivity contribution in [2.45, 2.75) is 52.4 Å². The molecule has 0 aliphatic rings. The Morgan fingerprint density at radius 1 is 1.24 bits per heavy atom. The van der Waals surface area contributed by atoms with Gasteiger partial charge in [0.2, 0.25) is 5.91 Å². The minimum Gasteiger partial charge on any atom is -0.289 e. The molecule has 0 aromatic heterocycles. The van der Waals surface area contributed by atoms with Crippen LogP contribution in [0.1, 0.15) is 52.4 Å². The van der Waals surface area contributed by atoms with Crippen LogP contribution >= 0.6 is 0 Å². The van der Waals surface area contributed by atoms with Gasteiger partial charge in [-0.25, -0.2) is 14.9 Å². The summed E-state index contributed by atoms with van der Waals surface area (Å²) in [5, 5.41) is 8.35. The molecule has 0 aromatic carbocycles. The molecule has 2 N–H and O–H groups in total. The zero-order valence-electron chi connectivity index (χ0n) is 13.4. The van der Waals surface area contributed by atoms with E-state index < -0.39 is 0 Å². The lowest BCUT2D eigenvalue weighted by Gasteiger charge is -2.14. The maximum Gasteiger partial charge on any atom is 0.309 e. The Kier molecular flexibility index (Phi) is 10.1. The van der Waals surface area contributed by atoms with Crippen LogP contribution in [0.2, 0.25) is 0 Å². The van der Waals surface area contributed by atoms with Gasteiger partial charge in [-0.05, 0) is 26.7 Å². The number of amides is 2. The Balaban J connectivity index is 3.98. The molecule has 21 heavy (non-hydrogen) atoms. The molecule has 0 aliphatic carbocycles. The summed E-state index contributed by atoms with van der Waals surface area (Å²) in [6.45, 7) is 8.50. The summed E-state index contributed by atoms with van der Waals surface area (Å²) in [7, 11) is 1.76. The standard InChI is InChI=1S/C15H27N3O3/c1-5-14(17(3)6-2)18(4)15(20)12-10-8-7-9-11-13(19)16-21/h5H,3,6-12H2,1-2,4H3,(H-,16,19,21)/p+1. The quantitative estimate of drug-likeness (QED) is 0.213. The number of carbonyl (C=O) groups is 2. The molecular formula is C15H28N3O3+. The molecule has 0 aromatic rings. The molecule has 0 saturated carbocycles. The molecule has 0 spiro atoms. The number of nitrogens with one attached hydrogen (secondary N) is 1. The van der Waals surface area contributed by atoms with E-state index in [-0.39, 0.29) is 11.8 Å². The normalized spacial score (nSPS) is 11.1. The lowest BCUT2D eigenvalue weighted by Crippen LogP contribution is -2.31. The Labute approximate surface area is 127 Å². The largest absolute Gasteiger partial charge is 0.309 e. The second-order valence-electron chi connectivity index (χ2n) is 4.90. The minimum atomic E-state index is -0.362. The summed E-state index contributed by atoms with van der Waals surface area (Å²) in [6, 6.07) is 0. The van der Waals surface area contributed by atoms with E-state index in [2.05, 4.69) is 6.72 Å². The summed E-state index contributed by atoms with van der Waals surface area (Å²) in [6.07, 6.45) is 5.96. The fraction of sp³-hybridized carbons (Fsp3) is 0.667. The Morgan fingerprint density at radius 3 is 2.29 bits per heavy atom. The highest BCUT2D eigenvalue weighted by molar-refractivity contribution is 5.77. The molecule has 2 amide bonds. The molecule has 0 unspecified atom stereocenters. The van der Waals surface area contributed by atoms with Crippen molar-refractivity contribution in [1.29, 1.82) is 0 Å². The van der Waals surface area contributed by atoms with Gasteiger partial charge in [0, 0.05) is 18.9 Å². The van der Waals surface area contributed by atoms with E-state index in [4.69, 9.17) is 5.21 Å². The molecule has 0 radical (unpaired) electrons. The van der Waals surface area contributed by atoms with Crippen molar-refractivity contribution in [1.82, 2.24) is 10.4 Å². The predicted molar refractivity (Wildman–Crippen MR) is 82.1 cm³/mol. The highest BCUT2D eigenvalue weighted by Crippen LogP contribution is 2.10. The minimum absolute atomic E-state index is 0.0679. The zero-order chi connectivity index (χ0) is 16.3. The summed E-state index contributed by atoms with van der Waals surface area (Å²) in [5.74, 6) is 0.513. The number of unbranched alkanes of at least 4 members (excludes halogenated alkanes) is 3. The van der Waals surface area contributed by atoms with Gasteiger partial charge in [0.1, 0.15) is 0 Å². The van der Waals surface area contributed by atoms with E-state index in [1.54, 1.807) is 22.0 Å². The van der Waals surface area contributed by atoms with Crippen molar-refractivity contribution in [2.75, 3.05) is 13.6 Å². The molecule has 0 rings (SSSR count). The zero-order valence-corrected chi connectivity index (χ0v) is 13.4. The van der Waals surface area contributed by atoms with Crippen LogP contribution in [0.4, 0.5) is 0 Å². The number of nitrogens with zero attached hydrogens (tertiary/aromatic N) is 2. The average Bonchev–Trinajstić information content (AvgIpc) is 2.50. The van der Waals surface area contributed by atoms with Gasteiger partial charge in [0.15, 0.2) is 0 Å². The maximum atomic E-state index is 12.1. The first kappa shape index (κ1) is 19.3. The molecule has 0 fully saturated rings. The third-order valence-electron chi connectivity index (χ3n) is 3.35. The molecule has 0 aliphatic heterocycles. The third kappa shape index (κ3) is 7.60. The second-order valence-corrected chi connectivity index (χ2v) is 4.90. The molecule has 0 heterocycles. The van der Waals surface area contributed by atoms with Crippen LogP contribution in [0.25, 0.3) is 0 Å². The number of hydroxylamine groups is 1. The number of carbonyl (C=O) groups excluding carboxylic acids is 2. The molecule has 6 nitrogen and oxygen atoms in total. The fourth-order valence-electron chi connectivity index (χ4n) is 2.02. The Morgan fingerprint density at radius 2 is 1.81 bits per heavy atom. The lowest BCUT2D eigenvalue weighted by molar-refractivity contribution is -0.479. The van der Waals surface area contributed by atoms with E-state index in [0.29, 0.717) is 12.8 Å². The molecule has 120 valence electrons. The number of hydrogen-bond donors (Lipinski definition) is 2. The topological polar surface area (TPSA) is 72.7 Å². The average molecular weight is 298 g/mol. The van der Waals surface area contributed by atoms with Gasteiger partial charge in [-0.2, -0.15) is 4.90 Å². The molecule has 0 saturated heterocycles. The van der Waals surface area contributed by atoms with Crippen LogP contribution in [0.15, 0.2) is 11.9 Å². The van der Waals surface area contributed by atoms with E-state index in [1.165, 1.54) is 0 Å². The summed E-state index contributed by atoms with van der Waals surface area (Å²) < 4.78 is 1.78. The first-order chi connectivity index (χ1) is 9.97. The van der Waals surface area contributed by atoms with E-state index in [9.17, 15) is 9.59 Å². The highest BCUT2D eigenvalue weighted by atomic mass is 16.5. The summed E-state index contributed by atoms with van der Waals surface area (Å²) in [5.41, 5.74) is 1.61. The first-order valence-electron chi connectivity index (χ1n) is 7.41. The van der Waals surface area contributed by atoms with Gasteiger partial charge in [0.25, 0.3) is 5.82 Å². The number of hydrogen-bond acceptors (Lipinski definition) is 3. The fourth-order valence-corrected chi connectivity index (χ4v) is 2.02. The van der Waals surface area contributed by atoms with Crippen LogP contribution < -0.4 is 5.48 Å². The first-order valence-corrected chi connectivity index (χ1v) is 7.41. The van der Waals surface area contributed by atoms with Crippen LogP contribution in [0, 0.1) is 0 Å². The van der Waals surface area contributed by atoms with Crippen molar-refractivity contribution in [3.05, 3.63) is 11.9 Å². The van der Waals surface area contributed by atoms with Crippen molar-refractivity contribution >= 4 is 18.5 Å². The lowest BCUT2D eigenvalue weighted by atomic mass is 10.1. The van der Waals surface area contributed by atoms with Crippen molar-refractivity contribution in [3.63, 3.8) is 0 Å². The van der Waals surface area contributed by atoms with Gasteiger partial charge in [0.05, 0.1) is 20.3 Å². The molecule has 0 bridgehead atoms. The Bertz CT molecular complexity index is 392. The second kappa shape index (κ2) is 11.0. The Hall–Kier alpha value is -1.69. The highest BCUT2D eigenvalue weighted by Gasteiger charge is 2.21. The smallest absolute Gasteiger partial charge is 0.289 e. The summed E-state index contributed by atoms with van der Waals surface area (Å²) in [4.78, 5) is 24.5. The third-order valence-corrected chi connectivity index (χ3v) is 3.35. The number of allylic oxidation sites excluding steroid dienone is 1. The maximum absolute atomic E-state index is 12.1. The monoisotopic (exact) mass is 298 g/mol. The summed E-state index contributed by atoms with van der Waals surface area (Å²) >= 11 is 0. The van der Waals surface area contributed by atoms with E-state index >= 15 is 0 Å². The van der Waals surface area contributed by atoms with Gasteiger partial charge >= 0.3 is 5.91 Å². The molecular weight excluding hydrogens is 270 g/mol. The van der Waals surface area contributed by atoms with Gasteiger partial charge in [-0.1, -0.05) is 12.8 Å². The van der Waals surface area contributed by atoms with Crippen molar-refractivity contribution in [3.8, 4) is 0 Å². The van der Waals surface area contributed by atoms with Gasteiger partial charge in [-0.3, -0.25) is 10.0 Å². The van der Waals surface area contributed by atoms with Crippen LogP contribution in [-0.4, -0.2) is 46.8 Å². The molecule has 0 atom stereocenters. The van der Waals surface area contributed by atoms with E-state index in [1.807, 2.05) is 19.9 Å². The van der Waals surface area contributed by atoms with Crippen LogP contribution in [-0.2, 0) is 9.59 Å². The van der Waals surface area contributed by atoms with E-state index in [0.717, 1.165) is 38.0 Å². The van der Waals surface area contributed by atoms with Gasteiger partial charge < -0.3 is 0 Å². The van der Waals surface area contributed by atoms with Crippen LogP contribution in [0.3, 0.4) is 0 Å². The number of rotatable bonds is 10. The van der Waals surface area contributed by atoms with Crippen molar-refractivity contribution < 1.29 is 19.4 Å². The van der Waals surface area contributed by atoms with Crippen molar-refractivity contribution in [2.24, 2.45) is 0 Å². The molecule has 6 heteroatoms. The predicted octanol–water partition coefficient (Wildman–Crippen LogP) is 1.89. The van der Waals surface area contributed by atoms with Gasteiger partial charge in [-0.15, -0.1) is 0 Å². The SMILES string of the molecule is C=[N+](CC)C(=CC)N(C)C(=O)CCCCCCC(=O)NO. The van der Waals surface area contributed by atoms with Crippen LogP contribution in [0.5, 0.6) is 0 Å².